The zero-order valence-corrected chi connectivity index (χ0v) is 62.2. The molecular weight excluding hydrogens is 1330 g/mol. The normalized spacial score (nSPS) is 17.3. The minimum atomic E-state index is -0.254. The van der Waals surface area contributed by atoms with Crippen LogP contribution in [0, 0.1) is 11.8 Å². The maximum Gasteiger partial charge on any atom is 0.252 e. The predicted octanol–water partition coefficient (Wildman–Crippen LogP) is 22.9. The summed E-state index contributed by atoms with van der Waals surface area (Å²) in [4.78, 5) is 13.7. The monoisotopic (exact) mass is 1410 g/mol. The molecule has 2 saturated carbocycles. The van der Waals surface area contributed by atoms with Crippen molar-refractivity contribution < 1.29 is 0 Å². The average molecular weight is 1410 g/mol. The summed E-state index contributed by atoms with van der Waals surface area (Å²) in [5, 5.41) is 0. The van der Waals surface area contributed by atoms with E-state index >= 15 is 0 Å². The molecular formula is C103H81B2N5. The van der Waals surface area contributed by atoms with Crippen LogP contribution in [0.5, 0.6) is 0 Å². The topological polar surface area (TPSA) is 16.2 Å². The van der Waals surface area contributed by atoms with Gasteiger partial charge in [0, 0.05) is 96.9 Å². The number of para-hydroxylation sites is 4. The van der Waals surface area contributed by atoms with Crippen LogP contribution in [0.25, 0.3) is 66.8 Å². The third-order valence-electron chi connectivity index (χ3n) is 25.3. The van der Waals surface area contributed by atoms with Gasteiger partial charge in [-0.1, -0.05) is 282 Å². The summed E-state index contributed by atoms with van der Waals surface area (Å²) in [7, 11) is 0. The summed E-state index contributed by atoms with van der Waals surface area (Å²) in [6, 6.07) is 135. The smallest absolute Gasteiger partial charge is 0.252 e. The van der Waals surface area contributed by atoms with E-state index in [1.54, 1.807) is 0 Å². The standard InChI is InChI=1S/C103H81B2N5/c1-103(2,3)77-61-95-99-96(62-77)109(101-83(71-36-16-6-17-37-71)57-75(69-32-12-4-13-33-69)58-84(101)72-38-18-7-19-39-72)91-50-30-28-48-87(91)104(99)89-65-90-94(66-93(89)107(95)78-44-24-10-25-45-78)108(79-46-26-11-27-47-79)97-63-82(106-80-53-67-52-68(55-80)56-81(106)54-67)64-98-100(97)105(90)88-49-29-31-51-92(88)110(98)102-85(73-40-20-8-21-41-73)59-76(70-34-14-5-15-35-70)60-86(102)74-42-22-9-23-43-74/h4-51,57-68,80-81H,52-56H2,1-3H3. The van der Waals surface area contributed by atoms with Gasteiger partial charge < -0.3 is 24.5 Å². The molecule has 0 N–H and O–H groups in total. The Labute approximate surface area is 646 Å². The first kappa shape index (κ1) is 64.6. The molecule has 6 aliphatic heterocycles. The lowest BCUT2D eigenvalue weighted by Gasteiger charge is -2.58. The highest BCUT2D eigenvalue weighted by Gasteiger charge is 2.52. The van der Waals surface area contributed by atoms with Crippen LogP contribution in [0.3, 0.4) is 0 Å². The Morgan fingerprint density at radius 1 is 0.245 bits per heavy atom. The number of nitrogens with zero attached hydrogens (tertiary/aromatic N) is 5. The second-order valence-electron chi connectivity index (χ2n) is 32.7. The largest absolute Gasteiger partial charge is 0.365 e. The van der Waals surface area contributed by atoms with Crippen LogP contribution in [-0.4, -0.2) is 25.5 Å². The second-order valence-corrected chi connectivity index (χ2v) is 32.7. The molecule has 5 nitrogen and oxygen atoms in total. The Hall–Kier alpha value is -12.6. The minimum absolute atomic E-state index is 0.186. The molecule has 4 fully saturated rings. The summed E-state index contributed by atoms with van der Waals surface area (Å²) < 4.78 is 0. The maximum absolute atomic E-state index is 2.95. The summed E-state index contributed by atoms with van der Waals surface area (Å²) in [6.07, 6.45) is 6.40. The molecule has 23 rings (SSSR count). The van der Waals surface area contributed by atoms with Crippen molar-refractivity contribution in [2.45, 2.75) is 70.4 Å². The number of hydrogen-bond donors (Lipinski definition) is 0. The highest BCUT2D eigenvalue weighted by molar-refractivity contribution is 7.03. The summed E-state index contributed by atoms with van der Waals surface area (Å²) >= 11 is 0. The van der Waals surface area contributed by atoms with Gasteiger partial charge in [0.05, 0.1) is 11.4 Å². The maximum atomic E-state index is 2.95. The van der Waals surface area contributed by atoms with Crippen LogP contribution in [0.15, 0.2) is 352 Å². The Morgan fingerprint density at radius 3 is 0.918 bits per heavy atom. The minimum Gasteiger partial charge on any atom is -0.365 e. The van der Waals surface area contributed by atoms with Crippen molar-refractivity contribution in [1.29, 1.82) is 0 Å². The van der Waals surface area contributed by atoms with E-state index in [0.717, 1.165) is 40.0 Å². The zero-order valence-electron chi connectivity index (χ0n) is 62.2. The van der Waals surface area contributed by atoms with Crippen LogP contribution < -0.4 is 57.3 Å². The molecule has 15 aromatic rings. The lowest BCUT2D eigenvalue weighted by atomic mass is 9.30. The number of anilines is 13. The van der Waals surface area contributed by atoms with Gasteiger partial charge in [-0.05, 0) is 223 Å². The summed E-state index contributed by atoms with van der Waals surface area (Å²) in [5.41, 5.74) is 38.4. The quantitative estimate of drug-likeness (QED) is 0.120. The highest BCUT2D eigenvalue weighted by Crippen LogP contribution is 2.58. The molecule has 0 unspecified atom stereocenters. The fraction of sp³-hybridized carbons (Fsp3) is 0.126. The third kappa shape index (κ3) is 10.3. The molecule has 2 saturated heterocycles. The first-order valence-electron chi connectivity index (χ1n) is 39.7. The molecule has 110 heavy (non-hydrogen) atoms. The molecule has 0 radical (unpaired) electrons. The molecule has 0 amide bonds. The van der Waals surface area contributed by atoms with Gasteiger partial charge in [-0.25, -0.2) is 0 Å². The molecule has 0 atom stereocenters. The summed E-state index contributed by atoms with van der Waals surface area (Å²) in [5.74, 6) is 1.58. The Morgan fingerprint density at radius 2 is 0.555 bits per heavy atom. The molecule has 0 spiro atoms. The molecule has 7 heteroatoms. The van der Waals surface area contributed by atoms with E-state index in [0.29, 0.717) is 12.1 Å². The van der Waals surface area contributed by atoms with E-state index in [1.807, 2.05) is 0 Å². The molecule has 4 bridgehead atoms. The number of hydrogen-bond acceptors (Lipinski definition) is 5. The fourth-order valence-corrected chi connectivity index (χ4v) is 20.8. The average Bonchev–Trinajstić information content (AvgIpc) is 0.680. The van der Waals surface area contributed by atoms with Crippen LogP contribution in [0.1, 0.15) is 58.4 Å². The predicted molar refractivity (Wildman–Crippen MR) is 466 cm³/mol. The first-order valence-corrected chi connectivity index (χ1v) is 39.7. The van der Waals surface area contributed by atoms with Crippen molar-refractivity contribution in [3.8, 4) is 66.8 Å². The lowest BCUT2D eigenvalue weighted by Crippen LogP contribution is -2.65. The van der Waals surface area contributed by atoms with Crippen molar-refractivity contribution in [3.63, 3.8) is 0 Å². The number of fused-ring (bicyclic) bond motifs is 8. The van der Waals surface area contributed by atoms with Gasteiger partial charge in [0.15, 0.2) is 0 Å². The molecule has 0 aromatic heterocycles. The van der Waals surface area contributed by atoms with Gasteiger partial charge in [-0.15, -0.1) is 0 Å². The number of benzene rings is 15. The number of piperidine rings is 2. The lowest BCUT2D eigenvalue weighted by molar-refractivity contribution is 0.0900. The van der Waals surface area contributed by atoms with Gasteiger partial charge in [0.25, 0.3) is 13.4 Å². The molecule has 524 valence electrons. The molecule has 6 heterocycles. The summed E-state index contributed by atoms with van der Waals surface area (Å²) in [6.45, 7) is 6.80. The van der Waals surface area contributed by atoms with Crippen molar-refractivity contribution in [2.24, 2.45) is 11.8 Å². The van der Waals surface area contributed by atoms with E-state index in [-0.39, 0.29) is 18.8 Å². The molecule has 2 aliphatic carbocycles. The molecule has 15 aromatic carbocycles. The van der Waals surface area contributed by atoms with E-state index in [2.05, 4.69) is 397 Å². The van der Waals surface area contributed by atoms with E-state index in [1.165, 1.54) is 183 Å². The van der Waals surface area contributed by atoms with Crippen molar-refractivity contribution in [1.82, 2.24) is 0 Å². The molecule has 8 aliphatic rings. The van der Waals surface area contributed by atoms with Crippen LogP contribution in [0.4, 0.5) is 73.9 Å². The highest BCUT2D eigenvalue weighted by atomic mass is 15.2. The Bertz CT molecular complexity index is 5960. The van der Waals surface area contributed by atoms with Gasteiger partial charge in [-0.3, -0.25) is 0 Å². The second kappa shape index (κ2) is 25.5. The Kier molecular flexibility index (Phi) is 15.0. The van der Waals surface area contributed by atoms with E-state index in [9.17, 15) is 0 Å². The van der Waals surface area contributed by atoms with E-state index in [4.69, 9.17) is 0 Å². The van der Waals surface area contributed by atoms with Gasteiger partial charge >= 0.3 is 0 Å². The first-order chi connectivity index (χ1) is 54.2. The fourth-order valence-electron chi connectivity index (χ4n) is 20.8. The third-order valence-corrected chi connectivity index (χ3v) is 25.3. The van der Waals surface area contributed by atoms with Gasteiger partial charge in [-0.2, -0.15) is 0 Å². The van der Waals surface area contributed by atoms with Crippen LogP contribution in [-0.2, 0) is 5.41 Å². The van der Waals surface area contributed by atoms with Crippen molar-refractivity contribution in [3.05, 3.63) is 357 Å². The van der Waals surface area contributed by atoms with Crippen molar-refractivity contribution in [2.75, 3.05) is 24.5 Å². The van der Waals surface area contributed by atoms with E-state index < -0.39 is 0 Å². The number of rotatable bonds is 11. The zero-order chi connectivity index (χ0) is 72.9. The van der Waals surface area contributed by atoms with Crippen LogP contribution in [0.2, 0.25) is 0 Å². The van der Waals surface area contributed by atoms with Crippen molar-refractivity contribution >= 4 is 120 Å². The SMILES string of the molecule is CC(C)(C)c1cc2c3c(c1)N(c1c(-c4ccccc4)cc(-c4ccccc4)cc1-c1ccccc1)c1ccccc1B3c1cc3c(cc1N2c1ccccc1)N(c1ccccc1)c1cc(N2C4CC5CC(C4)CC2C5)cc2c1B3c1ccccc1N2c1c(-c2ccccc2)cc(-c2ccccc2)cc1-c1ccccc1. The van der Waals surface area contributed by atoms with Gasteiger partial charge in [0.1, 0.15) is 0 Å². The van der Waals surface area contributed by atoms with Crippen LogP contribution >= 0.6 is 0 Å². The Balaban J connectivity index is 0.847. The van der Waals surface area contributed by atoms with Gasteiger partial charge in [0.2, 0.25) is 0 Å².